The Kier molecular flexibility index (Phi) is 20.4. The van der Waals surface area contributed by atoms with Gasteiger partial charge in [0, 0.05) is 11.9 Å². The van der Waals surface area contributed by atoms with E-state index in [1.807, 2.05) is 0 Å². The summed E-state index contributed by atoms with van der Waals surface area (Å²) < 4.78 is 5.33. The van der Waals surface area contributed by atoms with Gasteiger partial charge in [0.05, 0.1) is 12.5 Å². The molecule has 5 heteroatoms. The number of carboxylic acids is 1. The van der Waals surface area contributed by atoms with Gasteiger partial charge >= 0.3 is 35.5 Å². The third-order valence-electron chi connectivity index (χ3n) is 6.02. The fourth-order valence-electron chi connectivity index (χ4n) is 4.15. The smallest absolute Gasteiger partial charge is 0.550 e. The van der Waals surface area contributed by atoms with E-state index in [4.69, 9.17) is 4.74 Å². The first-order valence-corrected chi connectivity index (χ1v) is 12.2. The summed E-state index contributed by atoms with van der Waals surface area (Å²) in [6, 6.07) is 0. The van der Waals surface area contributed by atoms with Gasteiger partial charge in [-0.1, -0.05) is 83.3 Å². The number of aliphatic carboxylic acids is 1. The second-order valence-corrected chi connectivity index (χ2v) is 8.57. The van der Waals surface area contributed by atoms with E-state index >= 15 is 0 Å². The van der Waals surface area contributed by atoms with Gasteiger partial charge in [0.25, 0.3) is 0 Å². The Hall–Kier alpha value is -0.320. The molecule has 2 unspecified atom stereocenters. The summed E-state index contributed by atoms with van der Waals surface area (Å²) in [5.41, 5.74) is 0. The molecule has 1 aliphatic rings. The van der Waals surface area contributed by atoms with E-state index in [0.29, 0.717) is 19.4 Å². The molecule has 168 valence electrons. The van der Waals surface area contributed by atoms with E-state index in [-0.39, 0.29) is 35.5 Å². The number of unbranched alkanes of at least 4 members (excludes halogenated alkanes) is 11. The van der Waals surface area contributed by atoms with Crippen molar-refractivity contribution in [1.82, 2.24) is 0 Å². The van der Waals surface area contributed by atoms with Crippen LogP contribution in [0.25, 0.3) is 0 Å². The summed E-state index contributed by atoms with van der Waals surface area (Å²) >= 11 is 0. The van der Waals surface area contributed by atoms with Crippen LogP contribution in [0.3, 0.4) is 0 Å². The molecular weight excluding hydrogens is 387 g/mol. The van der Waals surface area contributed by atoms with Crippen LogP contribution in [-0.4, -0.2) is 18.5 Å². The molecule has 0 aliphatic heterocycles. The van der Waals surface area contributed by atoms with Crippen molar-refractivity contribution in [3.63, 3.8) is 0 Å². The van der Waals surface area contributed by atoms with Crippen LogP contribution in [0.2, 0.25) is 0 Å². The average Bonchev–Trinajstić information content (AvgIpc) is 2.73. The van der Waals surface area contributed by atoms with Crippen molar-refractivity contribution in [1.29, 1.82) is 0 Å². The molecule has 0 heterocycles. The minimum atomic E-state index is -1.10. The van der Waals surface area contributed by atoms with Crippen LogP contribution in [0.5, 0.6) is 0 Å². The number of allylic oxidation sites excluding steroid dienone is 2. The Morgan fingerprint density at radius 1 is 0.800 bits per heavy atom. The summed E-state index contributed by atoms with van der Waals surface area (Å²) in [7, 11) is 0. The van der Waals surface area contributed by atoms with Crippen LogP contribution in [0, 0.1) is 11.8 Å². The van der Waals surface area contributed by atoms with Gasteiger partial charge in [-0.2, -0.15) is 0 Å². The van der Waals surface area contributed by atoms with Crippen molar-refractivity contribution in [2.45, 2.75) is 116 Å². The monoisotopic (exact) mass is 430 g/mol. The second-order valence-electron chi connectivity index (χ2n) is 8.57. The Bertz CT molecular complexity index is 464. The van der Waals surface area contributed by atoms with Crippen LogP contribution < -0.4 is 34.7 Å². The Morgan fingerprint density at radius 2 is 1.30 bits per heavy atom. The molecule has 0 radical (unpaired) electrons. The van der Waals surface area contributed by atoms with E-state index in [0.717, 1.165) is 38.5 Å². The normalized spacial score (nSPS) is 18.8. The molecule has 0 N–H and O–H groups in total. The molecule has 0 amide bonds. The molecule has 0 spiro atoms. The third-order valence-corrected chi connectivity index (χ3v) is 6.02. The predicted molar refractivity (Wildman–Crippen MR) is 116 cm³/mol. The van der Waals surface area contributed by atoms with Gasteiger partial charge in [0.2, 0.25) is 0 Å². The van der Waals surface area contributed by atoms with Crippen molar-refractivity contribution >= 4 is 11.9 Å². The minimum absolute atomic E-state index is 0. The summed E-state index contributed by atoms with van der Waals surface area (Å²) in [5.74, 6) is -2.61. The fourth-order valence-corrected chi connectivity index (χ4v) is 4.15. The van der Waals surface area contributed by atoms with Crippen LogP contribution >= 0.6 is 0 Å². The predicted octanol–water partition coefficient (Wildman–Crippen LogP) is 2.74. The third kappa shape index (κ3) is 14.6. The number of esters is 1. The molecule has 0 bridgehead atoms. The van der Waals surface area contributed by atoms with E-state index in [2.05, 4.69) is 19.1 Å². The summed E-state index contributed by atoms with van der Waals surface area (Å²) in [6.45, 7) is 2.66. The summed E-state index contributed by atoms with van der Waals surface area (Å²) in [5, 5.41) is 11.2. The number of hydrogen-bond donors (Lipinski definition) is 0. The van der Waals surface area contributed by atoms with Crippen LogP contribution in [0.15, 0.2) is 12.2 Å². The molecule has 1 rings (SSSR count). The van der Waals surface area contributed by atoms with E-state index < -0.39 is 17.8 Å². The molecule has 2 atom stereocenters. The maximum Gasteiger partial charge on any atom is 1.00 e. The van der Waals surface area contributed by atoms with Gasteiger partial charge in [-0.15, -0.1) is 0 Å². The SMILES string of the molecule is CCCCCCCCC/C=C/CCCCCCOC(=O)C1CCCCC1C(=O)[O-].[Na+]. The second kappa shape index (κ2) is 20.6. The minimum Gasteiger partial charge on any atom is -0.550 e. The van der Waals surface area contributed by atoms with Crippen molar-refractivity contribution in [3.05, 3.63) is 12.2 Å². The first-order chi connectivity index (χ1) is 14.2. The van der Waals surface area contributed by atoms with Crippen molar-refractivity contribution in [2.24, 2.45) is 11.8 Å². The zero-order valence-electron chi connectivity index (χ0n) is 19.7. The Balaban J connectivity index is 0.00000841. The number of carbonyl (C=O) groups is 2. The van der Waals surface area contributed by atoms with Gasteiger partial charge in [-0.3, -0.25) is 4.79 Å². The van der Waals surface area contributed by atoms with Gasteiger partial charge in [0.15, 0.2) is 0 Å². The Labute approximate surface area is 206 Å². The largest absolute Gasteiger partial charge is 1.00 e. The van der Waals surface area contributed by atoms with Crippen LogP contribution in [0.1, 0.15) is 116 Å². The molecule has 0 saturated heterocycles. The van der Waals surface area contributed by atoms with Gasteiger partial charge < -0.3 is 14.6 Å². The quantitative estimate of drug-likeness (QED) is 0.154. The standard InChI is InChI=1S/C25H44O4.Na/c1-2-3-4-5-6-7-8-9-10-11-12-13-14-15-18-21-29-25(28)23-20-17-16-19-22(23)24(26)27;/h10-11,22-23H,2-9,12-21H2,1H3,(H,26,27);/q;+1/p-1/b11-10+;. The van der Waals surface area contributed by atoms with Crippen molar-refractivity contribution < 1.29 is 49.0 Å². The molecular formula is C25H43NaO4. The molecule has 4 nitrogen and oxygen atoms in total. The zero-order chi connectivity index (χ0) is 21.2. The van der Waals surface area contributed by atoms with E-state index in [1.165, 1.54) is 57.8 Å². The van der Waals surface area contributed by atoms with Gasteiger partial charge in [0.1, 0.15) is 0 Å². The molecule has 30 heavy (non-hydrogen) atoms. The molecule has 1 aliphatic carbocycles. The number of rotatable bonds is 17. The molecule has 0 aromatic rings. The number of hydrogen-bond acceptors (Lipinski definition) is 4. The topological polar surface area (TPSA) is 66.4 Å². The van der Waals surface area contributed by atoms with Gasteiger partial charge in [-0.05, 0) is 44.9 Å². The fraction of sp³-hybridized carbons (Fsp3) is 0.840. The van der Waals surface area contributed by atoms with Crippen molar-refractivity contribution in [3.8, 4) is 0 Å². The van der Waals surface area contributed by atoms with E-state index in [9.17, 15) is 14.7 Å². The van der Waals surface area contributed by atoms with E-state index in [1.54, 1.807) is 0 Å². The summed E-state index contributed by atoms with van der Waals surface area (Å²) in [6.07, 6.45) is 23.6. The average molecular weight is 431 g/mol. The first kappa shape index (κ1) is 29.7. The molecule has 0 aromatic heterocycles. The number of carboxylic acid groups (broad SMARTS) is 1. The Morgan fingerprint density at radius 3 is 1.87 bits per heavy atom. The van der Waals surface area contributed by atoms with Crippen LogP contribution in [-0.2, 0) is 14.3 Å². The number of ether oxygens (including phenoxy) is 1. The maximum atomic E-state index is 12.1. The molecule has 1 fully saturated rings. The molecule has 1 saturated carbocycles. The summed E-state index contributed by atoms with van der Waals surface area (Å²) in [4.78, 5) is 23.3. The maximum absolute atomic E-state index is 12.1. The van der Waals surface area contributed by atoms with Crippen molar-refractivity contribution in [2.75, 3.05) is 6.61 Å². The number of carbonyl (C=O) groups excluding carboxylic acids is 2. The van der Waals surface area contributed by atoms with Crippen LogP contribution in [0.4, 0.5) is 0 Å². The van der Waals surface area contributed by atoms with Gasteiger partial charge in [-0.25, -0.2) is 0 Å². The zero-order valence-corrected chi connectivity index (χ0v) is 21.7. The first-order valence-electron chi connectivity index (χ1n) is 12.2. The molecule has 0 aromatic carbocycles.